The van der Waals surface area contributed by atoms with Crippen LogP contribution in [0.15, 0.2) is 36.5 Å². The number of carbonyl (C=O) groups excluding carboxylic acids is 1. The highest BCUT2D eigenvalue weighted by molar-refractivity contribution is 5.76. The minimum atomic E-state index is 0.194. The van der Waals surface area contributed by atoms with Crippen molar-refractivity contribution >= 4 is 5.91 Å². The number of ether oxygens (including phenoxy) is 1. The molecule has 3 rings (SSSR count). The summed E-state index contributed by atoms with van der Waals surface area (Å²) in [5.41, 5.74) is 2.19. The van der Waals surface area contributed by atoms with Crippen LogP contribution in [0.3, 0.4) is 0 Å². The van der Waals surface area contributed by atoms with Crippen molar-refractivity contribution in [3.63, 3.8) is 0 Å². The number of nitrogens with zero attached hydrogens (tertiary/aromatic N) is 4. The molecule has 1 amide bonds. The summed E-state index contributed by atoms with van der Waals surface area (Å²) in [4.78, 5) is 16.9. The van der Waals surface area contributed by atoms with Gasteiger partial charge in [0.25, 0.3) is 0 Å². The van der Waals surface area contributed by atoms with E-state index in [0.29, 0.717) is 13.0 Å². The van der Waals surface area contributed by atoms with Crippen molar-refractivity contribution in [2.75, 3.05) is 33.8 Å². The van der Waals surface area contributed by atoms with E-state index in [2.05, 4.69) is 29.2 Å². The molecule has 0 saturated carbocycles. The first-order valence-corrected chi connectivity index (χ1v) is 8.69. The fourth-order valence-corrected chi connectivity index (χ4v) is 3.24. The first-order chi connectivity index (χ1) is 12.1. The van der Waals surface area contributed by atoms with Gasteiger partial charge in [0, 0.05) is 38.8 Å². The number of piperazine rings is 1. The van der Waals surface area contributed by atoms with E-state index in [0.717, 1.165) is 31.1 Å². The third kappa shape index (κ3) is 4.20. The van der Waals surface area contributed by atoms with Crippen LogP contribution in [0, 0.1) is 6.92 Å². The Morgan fingerprint density at radius 3 is 2.64 bits per heavy atom. The maximum Gasteiger partial charge on any atom is 0.224 e. The summed E-state index contributed by atoms with van der Waals surface area (Å²) >= 11 is 0. The maximum absolute atomic E-state index is 12.6. The monoisotopic (exact) mass is 342 g/mol. The van der Waals surface area contributed by atoms with Gasteiger partial charge in [0.2, 0.25) is 5.91 Å². The molecule has 0 bridgehead atoms. The van der Waals surface area contributed by atoms with Gasteiger partial charge in [0.15, 0.2) is 0 Å². The second-order valence-electron chi connectivity index (χ2n) is 6.58. The molecule has 1 atom stereocenters. The highest BCUT2D eigenvalue weighted by Crippen LogP contribution is 2.26. The van der Waals surface area contributed by atoms with Crippen molar-refractivity contribution in [1.29, 1.82) is 0 Å². The number of hydrogen-bond donors (Lipinski definition) is 0. The number of aromatic nitrogens is 2. The fourth-order valence-electron chi connectivity index (χ4n) is 3.24. The van der Waals surface area contributed by atoms with Crippen LogP contribution in [-0.4, -0.2) is 59.3 Å². The predicted octanol–water partition coefficient (Wildman–Crippen LogP) is 2.11. The lowest BCUT2D eigenvalue weighted by Gasteiger charge is -2.39. The number of rotatable bonds is 5. The largest absolute Gasteiger partial charge is 0.497 e. The molecule has 25 heavy (non-hydrogen) atoms. The molecule has 0 N–H and O–H groups in total. The fraction of sp³-hybridized carbons (Fsp3) is 0.474. The molecular weight excluding hydrogens is 316 g/mol. The summed E-state index contributed by atoms with van der Waals surface area (Å²) in [7, 11) is 3.78. The van der Waals surface area contributed by atoms with Crippen LogP contribution in [0.4, 0.5) is 0 Å². The van der Waals surface area contributed by atoms with Gasteiger partial charge in [0.1, 0.15) is 5.75 Å². The Balaban J connectivity index is 1.61. The highest BCUT2D eigenvalue weighted by atomic mass is 16.5. The van der Waals surface area contributed by atoms with E-state index in [1.807, 2.05) is 40.9 Å². The van der Waals surface area contributed by atoms with E-state index in [4.69, 9.17) is 4.74 Å². The number of methoxy groups -OCH3 is 1. The van der Waals surface area contributed by atoms with Gasteiger partial charge in [0.05, 0.1) is 18.8 Å². The van der Waals surface area contributed by atoms with Crippen molar-refractivity contribution < 1.29 is 9.53 Å². The van der Waals surface area contributed by atoms with Crippen LogP contribution in [0.25, 0.3) is 0 Å². The van der Waals surface area contributed by atoms with Crippen LogP contribution in [0.1, 0.15) is 23.7 Å². The molecule has 1 saturated heterocycles. The topological polar surface area (TPSA) is 50.6 Å². The maximum atomic E-state index is 12.6. The van der Waals surface area contributed by atoms with Crippen LogP contribution in [0.2, 0.25) is 0 Å². The van der Waals surface area contributed by atoms with Gasteiger partial charge in [-0.3, -0.25) is 14.4 Å². The Bertz CT molecular complexity index is 710. The zero-order valence-electron chi connectivity index (χ0n) is 15.2. The molecule has 6 nitrogen and oxygen atoms in total. The van der Waals surface area contributed by atoms with E-state index < -0.39 is 0 Å². The lowest BCUT2D eigenvalue weighted by molar-refractivity contribution is -0.134. The second-order valence-corrected chi connectivity index (χ2v) is 6.58. The molecule has 0 spiro atoms. The molecule has 134 valence electrons. The van der Waals surface area contributed by atoms with E-state index in [9.17, 15) is 4.79 Å². The van der Waals surface area contributed by atoms with Crippen LogP contribution < -0.4 is 4.74 Å². The molecule has 2 aromatic rings. The number of amides is 1. The summed E-state index contributed by atoms with van der Waals surface area (Å²) in [6, 6.07) is 10.3. The quantitative estimate of drug-likeness (QED) is 0.835. The molecule has 0 aliphatic carbocycles. The predicted molar refractivity (Wildman–Crippen MR) is 96.5 cm³/mol. The molecule has 1 aliphatic heterocycles. The SMILES string of the molecule is COc1ccc(C2CN(C(=O)CCn3ccc(C)n3)CCN2C)cc1. The summed E-state index contributed by atoms with van der Waals surface area (Å²) in [5.74, 6) is 1.05. The van der Waals surface area contributed by atoms with Gasteiger partial charge < -0.3 is 9.64 Å². The minimum absolute atomic E-state index is 0.194. The summed E-state index contributed by atoms with van der Waals surface area (Å²) in [6.45, 7) is 4.97. The number of aryl methyl sites for hydroxylation is 2. The van der Waals surface area contributed by atoms with Crippen molar-refractivity contribution in [1.82, 2.24) is 19.6 Å². The van der Waals surface area contributed by atoms with Gasteiger partial charge in [-0.15, -0.1) is 0 Å². The van der Waals surface area contributed by atoms with Crippen molar-refractivity contribution in [3.8, 4) is 5.75 Å². The van der Waals surface area contributed by atoms with E-state index >= 15 is 0 Å². The van der Waals surface area contributed by atoms with E-state index in [1.165, 1.54) is 5.56 Å². The van der Waals surface area contributed by atoms with Crippen molar-refractivity contribution in [3.05, 3.63) is 47.8 Å². The molecule has 1 aromatic carbocycles. The van der Waals surface area contributed by atoms with E-state index in [-0.39, 0.29) is 11.9 Å². The van der Waals surface area contributed by atoms with Crippen LogP contribution in [-0.2, 0) is 11.3 Å². The van der Waals surface area contributed by atoms with Gasteiger partial charge in [-0.25, -0.2) is 0 Å². The standard InChI is InChI=1S/C19H26N4O2/c1-15-8-10-23(20-15)11-9-19(24)22-13-12-21(2)18(14-22)16-4-6-17(25-3)7-5-16/h4-8,10,18H,9,11-14H2,1-3H3. The van der Waals surface area contributed by atoms with Gasteiger partial charge >= 0.3 is 0 Å². The molecule has 1 aliphatic rings. The number of carbonyl (C=O) groups is 1. The van der Waals surface area contributed by atoms with Crippen LogP contribution in [0.5, 0.6) is 5.75 Å². The Kier molecular flexibility index (Phi) is 5.38. The van der Waals surface area contributed by atoms with Crippen molar-refractivity contribution in [2.24, 2.45) is 0 Å². The Hall–Kier alpha value is -2.34. The summed E-state index contributed by atoms with van der Waals surface area (Å²) < 4.78 is 7.07. The first-order valence-electron chi connectivity index (χ1n) is 8.69. The molecule has 1 fully saturated rings. The number of hydrogen-bond acceptors (Lipinski definition) is 4. The Labute approximate surface area is 149 Å². The summed E-state index contributed by atoms with van der Waals surface area (Å²) in [5, 5.41) is 4.34. The van der Waals surface area contributed by atoms with E-state index in [1.54, 1.807) is 7.11 Å². The second kappa shape index (κ2) is 7.70. The smallest absolute Gasteiger partial charge is 0.224 e. The molecule has 1 unspecified atom stereocenters. The summed E-state index contributed by atoms with van der Waals surface area (Å²) in [6.07, 6.45) is 2.41. The van der Waals surface area contributed by atoms with Gasteiger partial charge in [-0.1, -0.05) is 12.1 Å². The molecule has 6 heteroatoms. The molecule has 1 aromatic heterocycles. The normalized spacial score (nSPS) is 18.4. The Morgan fingerprint density at radius 1 is 1.24 bits per heavy atom. The van der Waals surface area contributed by atoms with Crippen LogP contribution >= 0.6 is 0 Å². The van der Waals surface area contributed by atoms with Crippen molar-refractivity contribution in [2.45, 2.75) is 25.9 Å². The highest BCUT2D eigenvalue weighted by Gasteiger charge is 2.28. The molecule has 0 radical (unpaired) electrons. The lowest BCUT2D eigenvalue weighted by atomic mass is 10.0. The van der Waals surface area contributed by atoms with Gasteiger partial charge in [-0.05, 0) is 37.7 Å². The first kappa shape index (κ1) is 17.5. The average molecular weight is 342 g/mol. The third-order valence-corrected chi connectivity index (χ3v) is 4.83. The molecule has 2 heterocycles. The minimum Gasteiger partial charge on any atom is -0.497 e. The lowest BCUT2D eigenvalue weighted by Crippen LogP contribution is -2.49. The zero-order chi connectivity index (χ0) is 17.8. The average Bonchev–Trinajstić information content (AvgIpc) is 3.05. The number of likely N-dealkylation sites (N-methyl/N-ethyl adjacent to an activating group) is 1. The van der Waals surface area contributed by atoms with Gasteiger partial charge in [-0.2, -0.15) is 5.10 Å². The Morgan fingerprint density at radius 2 is 2.00 bits per heavy atom. The molecular formula is C19H26N4O2. The number of benzene rings is 1. The third-order valence-electron chi connectivity index (χ3n) is 4.83. The zero-order valence-corrected chi connectivity index (χ0v) is 15.2.